The van der Waals surface area contributed by atoms with Gasteiger partial charge < -0.3 is 30.3 Å². The molecule has 2 heterocycles. The van der Waals surface area contributed by atoms with Crippen LogP contribution in [0.2, 0.25) is 0 Å². The standard InChI is InChI=1S/C17H26N4O3/c1-13(18)17(22)19-15-3-2-14(20-4-8-23-9-5-20)12-16(15)21-6-10-24-11-7-21/h2-3,12-13H,4-11,18H2,1H3,(H,19,22)/t13-/m1/s1. The molecule has 0 radical (unpaired) electrons. The quantitative estimate of drug-likeness (QED) is 0.841. The van der Waals surface area contributed by atoms with Crippen LogP contribution in [-0.2, 0) is 14.3 Å². The molecular formula is C17H26N4O3. The molecule has 3 rings (SSSR count). The molecule has 0 unspecified atom stereocenters. The molecule has 0 aromatic heterocycles. The van der Waals surface area contributed by atoms with E-state index in [2.05, 4.69) is 21.2 Å². The Labute approximate surface area is 142 Å². The summed E-state index contributed by atoms with van der Waals surface area (Å²) in [5.74, 6) is -0.177. The fourth-order valence-electron chi connectivity index (χ4n) is 2.96. The molecule has 7 nitrogen and oxygen atoms in total. The van der Waals surface area contributed by atoms with Gasteiger partial charge in [-0.15, -0.1) is 0 Å². The summed E-state index contributed by atoms with van der Waals surface area (Å²) < 4.78 is 10.9. The summed E-state index contributed by atoms with van der Waals surface area (Å²) in [5, 5.41) is 2.95. The highest BCUT2D eigenvalue weighted by atomic mass is 16.5. The molecule has 0 saturated carbocycles. The van der Waals surface area contributed by atoms with E-state index in [1.165, 1.54) is 0 Å². The second kappa shape index (κ2) is 7.83. The zero-order valence-electron chi connectivity index (χ0n) is 14.2. The number of morpholine rings is 2. The number of amides is 1. The first-order chi connectivity index (χ1) is 11.6. The molecular weight excluding hydrogens is 308 g/mol. The summed E-state index contributed by atoms with van der Waals surface area (Å²) in [5.41, 5.74) is 8.67. The van der Waals surface area contributed by atoms with Crippen molar-refractivity contribution in [2.24, 2.45) is 5.73 Å². The van der Waals surface area contributed by atoms with Gasteiger partial charge in [0, 0.05) is 31.9 Å². The Morgan fingerprint density at radius 2 is 1.67 bits per heavy atom. The van der Waals surface area contributed by atoms with E-state index < -0.39 is 6.04 Å². The number of carbonyl (C=O) groups is 1. The fourth-order valence-corrected chi connectivity index (χ4v) is 2.96. The lowest BCUT2D eigenvalue weighted by Crippen LogP contribution is -2.39. The maximum absolute atomic E-state index is 12.0. The Morgan fingerprint density at radius 1 is 1.08 bits per heavy atom. The van der Waals surface area contributed by atoms with E-state index in [1.807, 2.05) is 12.1 Å². The van der Waals surface area contributed by atoms with Gasteiger partial charge in [0.1, 0.15) is 0 Å². The maximum Gasteiger partial charge on any atom is 0.241 e. The Kier molecular flexibility index (Phi) is 5.55. The predicted molar refractivity (Wildman–Crippen MR) is 94.8 cm³/mol. The van der Waals surface area contributed by atoms with E-state index in [9.17, 15) is 4.79 Å². The van der Waals surface area contributed by atoms with Crippen LogP contribution in [0.1, 0.15) is 6.92 Å². The van der Waals surface area contributed by atoms with Crippen LogP contribution in [0, 0.1) is 0 Å². The van der Waals surface area contributed by atoms with Crippen LogP contribution < -0.4 is 20.9 Å². The molecule has 0 aliphatic carbocycles. The monoisotopic (exact) mass is 334 g/mol. The predicted octanol–water partition coefficient (Wildman–Crippen LogP) is 0.646. The number of hydrogen-bond acceptors (Lipinski definition) is 6. The number of hydrogen-bond donors (Lipinski definition) is 2. The first-order valence-electron chi connectivity index (χ1n) is 8.51. The Morgan fingerprint density at radius 3 is 2.25 bits per heavy atom. The smallest absolute Gasteiger partial charge is 0.241 e. The van der Waals surface area contributed by atoms with Crippen LogP contribution in [0.3, 0.4) is 0 Å². The average molecular weight is 334 g/mol. The maximum atomic E-state index is 12.0. The fraction of sp³-hybridized carbons (Fsp3) is 0.588. The van der Waals surface area contributed by atoms with Gasteiger partial charge in [-0.05, 0) is 25.1 Å². The van der Waals surface area contributed by atoms with Gasteiger partial charge in [-0.3, -0.25) is 4.79 Å². The lowest BCUT2D eigenvalue weighted by Gasteiger charge is -2.33. The molecule has 3 N–H and O–H groups in total. The van der Waals surface area contributed by atoms with E-state index in [0.29, 0.717) is 13.2 Å². The number of nitrogens with one attached hydrogen (secondary N) is 1. The van der Waals surface area contributed by atoms with Gasteiger partial charge in [0.25, 0.3) is 0 Å². The molecule has 0 spiro atoms. The topological polar surface area (TPSA) is 80.1 Å². The third kappa shape index (κ3) is 3.98. The van der Waals surface area contributed by atoms with Crippen molar-refractivity contribution in [1.82, 2.24) is 0 Å². The molecule has 1 amide bonds. The zero-order chi connectivity index (χ0) is 16.9. The van der Waals surface area contributed by atoms with Crippen LogP contribution in [0.5, 0.6) is 0 Å². The molecule has 1 atom stereocenters. The SMILES string of the molecule is C[C@@H](N)C(=O)Nc1ccc(N2CCOCC2)cc1N1CCOCC1. The zero-order valence-corrected chi connectivity index (χ0v) is 14.2. The van der Waals surface area contributed by atoms with E-state index in [4.69, 9.17) is 15.2 Å². The number of nitrogens with zero attached hydrogens (tertiary/aromatic N) is 2. The van der Waals surface area contributed by atoms with Gasteiger partial charge in [-0.1, -0.05) is 0 Å². The van der Waals surface area contributed by atoms with Crippen LogP contribution in [0.25, 0.3) is 0 Å². The van der Waals surface area contributed by atoms with Gasteiger partial charge in [0.15, 0.2) is 0 Å². The van der Waals surface area contributed by atoms with E-state index in [1.54, 1.807) is 6.92 Å². The Balaban J connectivity index is 1.87. The highest BCUT2D eigenvalue weighted by molar-refractivity contribution is 5.97. The van der Waals surface area contributed by atoms with Crippen LogP contribution >= 0.6 is 0 Å². The molecule has 0 bridgehead atoms. The van der Waals surface area contributed by atoms with E-state index in [-0.39, 0.29) is 5.91 Å². The van der Waals surface area contributed by atoms with Crippen molar-refractivity contribution < 1.29 is 14.3 Å². The minimum Gasteiger partial charge on any atom is -0.378 e. The normalized spacial score (nSPS) is 19.9. The van der Waals surface area contributed by atoms with Crippen LogP contribution in [0.15, 0.2) is 18.2 Å². The van der Waals surface area contributed by atoms with Gasteiger partial charge in [0.05, 0.1) is 43.8 Å². The second-order valence-corrected chi connectivity index (χ2v) is 6.18. The Bertz CT molecular complexity index is 567. The summed E-state index contributed by atoms with van der Waals surface area (Å²) in [6.45, 7) is 7.96. The summed E-state index contributed by atoms with van der Waals surface area (Å²) in [7, 11) is 0. The number of rotatable bonds is 4. The first-order valence-corrected chi connectivity index (χ1v) is 8.51. The van der Waals surface area contributed by atoms with Crippen molar-refractivity contribution in [2.75, 3.05) is 67.7 Å². The van der Waals surface area contributed by atoms with E-state index in [0.717, 1.165) is 56.5 Å². The van der Waals surface area contributed by atoms with Crippen molar-refractivity contribution in [3.8, 4) is 0 Å². The molecule has 132 valence electrons. The van der Waals surface area contributed by atoms with Crippen molar-refractivity contribution in [3.05, 3.63) is 18.2 Å². The highest BCUT2D eigenvalue weighted by Gasteiger charge is 2.20. The number of nitrogens with two attached hydrogens (primary N) is 1. The van der Waals surface area contributed by atoms with Gasteiger partial charge in [-0.25, -0.2) is 0 Å². The van der Waals surface area contributed by atoms with Crippen molar-refractivity contribution in [2.45, 2.75) is 13.0 Å². The van der Waals surface area contributed by atoms with Crippen molar-refractivity contribution in [3.63, 3.8) is 0 Å². The van der Waals surface area contributed by atoms with Crippen molar-refractivity contribution in [1.29, 1.82) is 0 Å². The second-order valence-electron chi connectivity index (χ2n) is 6.18. The van der Waals surface area contributed by atoms with Crippen LogP contribution in [-0.4, -0.2) is 64.6 Å². The molecule has 2 saturated heterocycles. The largest absolute Gasteiger partial charge is 0.378 e. The van der Waals surface area contributed by atoms with Gasteiger partial charge in [0.2, 0.25) is 5.91 Å². The van der Waals surface area contributed by atoms with Crippen molar-refractivity contribution >= 4 is 23.0 Å². The summed E-state index contributed by atoms with van der Waals surface area (Å²) in [6.07, 6.45) is 0. The lowest BCUT2D eigenvalue weighted by atomic mass is 10.1. The van der Waals surface area contributed by atoms with Gasteiger partial charge in [-0.2, -0.15) is 0 Å². The minimum absolute atomic E-state index is 0.177. The molecule has 7 heteroatoms. The number of carbonyl (C=O) groups excluding carboxylic acids is 1. The first kappa shape index (κ1) is 17.0. The molecule has 2 aliphatic heterocycles. The number of ether oxygens (including phenoxy) is 2. The Hall–Kier alpha value is -1.83. The summed E-state index contributed by atoms with van der Waals surface area (Å²) in [4.78, 5) is 16.6. The molecule has 1 aromatic carbocycles. The minimum atomic E-state index is -0.540. The third-order valence-corrected chi connectivity index (χ3v) is 4.38. The summed E-state index contributed by atoms with van der Waals surface area (Å²) >= 11 is 0. The molecule has 2 aliphatic rings. The van der Waals surface area contributed by atoms with E-state index >= 15 is 0 Å². The molecule has 1 aromatic rings. The highest BCUT2D eigenvalue weighted by Crippen LogP contribution is 2.32. The average Bonchev–Trinajstić information content (AvgIpc) is 2.63. The van der Waals surface area contributed by atoms with Gasteiger partial charge >= 0.3 is 0 Å². The molecule has 2 fully saturated rings. The molecule has 24 heavy (non-hydrogen) atoms. The number of anilines is 3. The summed E-state index contributed by atoms with van der Waals surface area (Å²) in [6, 6.07) is 5.62. The number of benzene rings is 1. The third-order valence-electron chi connectivity index (χ3n) is 4.38. The lowest BCUT2D eigenvalue weighted by molar-refractivity contribution is -0.117. The van der Waals surface area contributed by atoms with Crippen LogP contribution in [0.4, 0.5) is 17.1 Å².